The van der Waals surface area contributed by atoms with E-state index in [2.05, 4.69) is 9.97 Å². The molecule has 0 fully saturated rings. The molecule has 1 N–H and O–H groups in total. The maximum atomic E-state index is 13.3. The number of nitrogens with zero attached hydrogens (tertiary/aromatic N) is 4. The molecule has 0 aliphatic carbocycles. The maximum absolute atomic E-state index is 13.3. The number of fused-ring (bicyclic) bond motifs is 1. The van der Waals surface area contributed by atoms with Crippen molar-refractivity contribution in [2.75, 3.05) is 17.1 Å². The lowest BCUT2D eigenvalue weighted by Gasteiger charge is -2.23. The quantitative estimate of drug-likeness (QED) is 0.349. The molecule has 0 spiro atoms. The molecule has 0 radical (unpaired) electrons. The molecule has 2 aromatic heterocycles. The smallest absolute Gasteiger partial charge is 0.324 e. The summed E-state index contributed by atoms with van der Waals surface area (Å²) in [7, 11) is -4.26. The van der Waals surface area contributed by atoms with Gasteiger partial charge in [-0.2, -0.15) is 0 Å². The monoisotopic (exact) mass is 522 g/mol. The first kappa shape index (κ1) is 23.4. The van der Waals surface area contributed by atoms with Crippen molar-refractivity contribution in [1.82, 2.24) is 14.5 Å². The Labute approximate surface area is 203 Å². The minimum absolute atomic E-state index is 0.123. The average molecular weight is 523 g/mol. The van der Waals surface area contributed by atoms with Gasteiger partial charge < -0.3 is 5.11 Å². The molecule has 0 bridgehead atoms. The van der Waals surface area contributed by atoms with Gasteiger partial charge in [-0.15, -0.1) is 11.8 Å². The van der Waals surface area contributed by atoms with E-state index in [9.17, 15) is 18.3 Å². The molecule has 2 aromatic carbocycles. The number of halogens is 2. The zero-order valence-corrected chi connectivity index (χ0v) is 20.2. The summed E-state index contributed by atoms with van der Waals surface area (Å²) in [4.78, 5) is 20.0. The highest BCUT2D eigenvalue weighted by Crippen LogP contribution is 2.31. The number of carbonyl (C=O) groups is 1. The van der Waals surface area contributed by atoms with Gasteiger partial charge >= 0.3 is 5.97 Å². The van der Waals surface area contributed by atoms with Gasteiger partial charge in [0.2, 0.25) is 0 Å². The molecule has 33 heavy (non-hydrogen) atoms. The fraction of sp³-hybridized carbons (Fsp3) is 0.0952. The number of hydrogen-bond acceptors (Lipinski definition) is 6. The molecule has 0 saturated carbocycles. The van der Waals surface area contributed by atoms with E-state index in [-0.39, 0.29) is 20.6 Å². The van der Waals surface area contributed by atoms with Gasteiger partial charge in [0.1, 0.15) is 11.6 Å². The van der Waals surface area contributed by atoms with E-state index in [1.165, 1.54) is 36.0 Å². The van der Waals surface area contributed by atoms with Crippen LogP contribution in [-0.4, -0.2) is 46.8 Å². The molecular formula is C21H16Cl2N4O4S2. The first-order valence-corrected chi connectivity index (χ1v) is 12.8. The van der Waals surface area contributed by atoms with Crippen molar-refractivity contribution in [2.45, 2.75) is 9.92 Å². The molecule has 12 heteroatoms. The van der Waals surface area contributed by atoms with Crippen molar-refractivity contribution >= 4 is 67.5 Å². The molecule has 4 rings (SSSR count). The Morgan fingerprint density at radius 3 is 2.42 bits per heavy atom. The summed E-state index contributed by atoms with van der Waals surface area (Å²) >= 11 is 13.4. The minimum atomic E-state index is -4.26. The second kappa shape index (κ2) is 9.22. The molecule has 0 aliphatic heterocycles. The summed E-state index contributed by atoms with van der Waals surface area (Å²) in [5, 5.41) is 11.1. The van der Waals surface area contributed by atoms with E-state index in [0.717, 1.165) is 14.8 Å². The van der Waals surface area contributed by atoms with E-state index in [1.807, 2.05) is 10.8 Å². The summed E-state index contributed by atoms with van der Waals surface area (Å²) < 4.78 is 29.2. The van der Waals surface area contributed by atoms with Crippen molar-refractivity contribution < 1.29 is 18.3 Å². The summed E-state index contributed by atoms with van der Waals surface area (Å²) in [6.45, 7) is -0.777. The lowest BCUT2D eigenvalue weighted by Crippen LogP contribution is -2.35. The molecule has 0 saturated heterocycles. The molecule has 0 aliphatic rings. The molecule has 0 amide bonds. The lowest BCUT2D eigenvalue weighted by molar-refractivity contribution is -0.135. The van der Waals surface area contributed by atoms with Gasteiger partial charge in [0.15, 0.2) is 5.82 Å². The van der Waals surface area contributed by atoms with E-state index in [1.54, 1.807) is 36.8 Å². The van der Waals surface area contributed by atoms with Crippen LogP contribution in [0.25, 0.3) is 16.7 Å². The number of sulfonamides is 1. The Hall–Kier alpha value is -2.79. The van der Waals surface area contributed by atoms with Gasteiger partial charge in [0.05, 0.1) is 28.5 Å². The third-order valence-electron chi connectivity index (χ3n) is 4.74. The topological polar surface area (TPSA) is 105 Å². The Kier molecular flexibility index (Phi) is 6.53. The van der Waals surface area contributed by atoms with Crippen LogP contribution >= 0.6 is 35.0 Å². The second-order valence-corrected chi connectivity index (χ2v) is 10.4. The third kappa shape index (κ3) is 4.79. The van der Waals surface area contributed by atoms with E-state index in [4.69, 9.17) is 23.2 Å². The number of aliphatic carboxylic acids is 1. The molecular weight excluding hydrogens is 507 g/mol. The van der Waals surface area contributed by atoms with Gasteiger partial charge in [0, 0.05) is 21.6 Å². The third-order valence-corrected chi connectivity index (χ3v) is 7.55. The zero-order valence-electron chi connectivity index (χ0n) is 17.0. The Balaban J connectivity index is 1.79. The Morgan fingerprint density at radius 1 is 1.09 bits per heavy atom. The van der Waals surface area contributed by atoms with Crippen LogP contribution in [0.1, 0.15) is 0 Å². The van der Waals surface area contributed by atoms with E-state index < -0.39 is 22.5 Å². The molecule has 170 valence electrons. The number of carboxylic acid groups (broad SMARTS) is 1. The first-order chi connectivity index (χ1) is 15.7. The van der Waals surface area contributed by atoms with Crippen LogP contribution in [0, 0.1) is 0 Å². The number of hydrogen-bond donors (Lipinski definition) is 1. The Morgan fingerprint density at radius 2 is 1.82 bits per heavy atom. The molecule has 8 nitrogen and oxygen atoms in total. The van der Waals surface area contributed by atoms with Gasteiger partial charge in [-0.25, -0.2) is 18.4 Å². The van der Waals surface area contributed by atoms with Crippen molar-refractivity contribution in [2.24, 2.45) is 0 Å². The number of rotatable bonds is 7. The predicted octanol–water partition coefficient (Wildman–Crippen LogP) is 4.73. The van der Waals surface area contributed by atoms with Crippen LogP contribution in [0.5, 0.6) is 0 Å². The summed E-state index contributed by atoms with van der Waals surface area (Å²) in [5.41, 5.74) is 0.936. The fourth-order valence-corrected chi connectivity index (χ4v) is 5.72. The molecule has 0 unspecified atom stereocenters. The first-order valence-electron chi connectivity index (χ1n) is 9.37. The van der Waals surface area contributed by atoms with Crippen LogP contribution in [0.15, 0.2) is 71.0 Å². The summed E-state index contributed by atoms with van der Waals surface area (Å²) in [6, 6.07) is 10.5. The van der Waals surface area contributed by atoms with E-state index in [0.29, 0.717) is 11.2 Å². The number of anilines is 1. The normalized spacial score (nSPS) is 11.6. The summed E-state index contributed by atoms with van der Waals surface area (Å²) in [6.07, 6.45) is 7.00. The van der Waals surface area contributed by atoms with Crippen LogP contribution in [0.2, 0.25) is 10.0 Å². The lowest BCUT2D eigenvalue weighted by atomic mass is 10.2. The molecule has 0 atom stereocenters. The van der Waals surface area contributed by atoms with E-state index >= 15 is 0 Å². The van der Waals surface area contributed by atoms with Crippen LogP contribution in [-0.2, 0) is 14.8 Å². The van der Waals surface area contributed by atoms with Crippen LogP contribution < -0.4 is 4.31 Å². The summed E-state index contributed by atoms with van der Waals surface area (Å²) in [5.74, 6) is -0.715. The van der Waals surface area contributed by atoms with Crippen molar-refractivity contribution in [1.29, 1.82) is 0 Å². The highest BCUT2D eigenvalue weighted by atomic mass is 35.5. The van der Waals surface area contributed by atoms with Crippen molar-refractivity contribution in [3.63, 3.8) is 0 Å². The average Bonchev–Trinajstić information content (AvgIpc) is 3.20. The SMILES string of the molecule is CSc1cnc(-n2ccc3cc(N(CC(=O)O)S(=O)(=O)c4cc(Cl)cc(Cl)c4)ccc32)cn1. The van der Waals surface area contributed by atoms with Gasteiger partial charge in [0.25, 0.3) is 10.0 Å². The predicted molar refractivity (Wildman–Crippen MR) is 129 cm³/mol. The zero-order chi connectivity index (χ0) is 23.8. The number of aromatic nitrogens is 3. The van der Waals surface area contributed by atoms with Gasteiger partial charge in [-0.1, -0.05) is 23.2 Å². The molecule has 2 heterocycles. The minimum Gasteiger partial charge on any atom is -0.480 e. The fourth-order valence-electron chi connectivity index (χ4n) is 3.27. The Bertz CT molecular complexity index is 1440. The second-order valence-electron chi connectivity index (χ2n) is 6.86. The number of thioether (sulfide) groups is 1. The van der Waals surface area contributed by atoms with Gasteiger partial charge in [-0.05, 0) is 48.7 Å². The molecule has 4 aromatic rings. The van der Waals surface area contributed by atoms with Crippen LogP contribution in [0.3, 0.4) is 0 Å². The van der Waals surface area contributed by atoms with Crippen LogP contribution in [0.4, 0.5) is 5.69 Å². The maximum Gasteiger partial charge on any atom is 0.324 e. The number of benzene rings is 2. The largest absolute Gasteiger partial charge is 0.480 e. The van der Waals surface area contributed by atoms with Crippen molar-refractivity contribution in [3.8, 4) is 5.82 Å². The van der Waals surface area contributed by atoms with Gasteiger partial charge in [-0.3, -0.25) is 13.7 Å². The van der Waals surface area contributed by atoms with Crippen molar-refractivity contribution in [3.05, 3.63) is 71.1 Å². The highest BCUT2D eigenvalue weighted by Gasteiger charge is 2.28. The highest BCUT2D eigenvalue weighted by molar-refractivity contribution is 7.98. The number of carboxylic acids is 1. The standard InChI is InChI=1S/C21H16Cl2N4O4S2/c1-32-20-11-24-19(10-25-20)26-5-4-13-6-16(2-3-18(13)26)27(12-21(28)29)33(30,31)17-8-14(22)7-15(23)9-17/h2-11H,12H2,1H3,(H,28,29).